The maximum Gasteiger partial charge on any atom is 0.0488 e. The van der Waals surface area contributed by atoms with Crippen LogP contribution in [0.2, 0.25) is 0 Å². The molecule has 2 heteroatoms. The van der Waals surface area contributed by atoms with Gasteiger partial charge in [0.25, 0.3) is 0 Å². The summed E-state index contributed by atoms with van der Waals surface area (Å²) >= 11 is 0. The van der Waals surface area contributed by atoms with Gasteiger partial charge in [-0.25, -0.2) is 0 Å². The predicted octanol–water partition coefficient (Wildman–Crippen LogP) is 3.46. The summed E-state index contributed by atoms with van der Waals surface area (Å²) < 4.78 is 5.81. The number of fused-ring (bicyclic) bond motifs is 1. The lowest BCUT2D eigenvalue weighted by Crippen LogP contribution is -2.37. The molecule has 2 atom stereocenters. The minimum Gasteiger partial charge on any atom is -0.381 e. The molecule has 0 saturated heterocycles. The summed E-state index contributed by atoms with van der Waals surface area (Å²) in [6, 6.07) is 0.607. The van der Waals surface area contributed by atoms with Crippen molar-refractivity contribution in [3.63, 3.8) is 0 Å². The van der Waals surface area contributed by atoms with Crippen molar-refractivity contribution in [2.45, 2.75) is 59.4 Å². The van der Waals surface area contributed by atoms with Crippen molar-refractivity contribution in [3.05, 3.63) is 0 Å². The van der Waals surface area contributed by atoms with Crippen LogP contribution in [0.1, 0.15) is 53.4 Å². The second-order valence-electron chi connectivity index (χ2n) is 7.42. The Hall–Kier alpha value is -0.0800. The first-order chi connectivity index (χ1) is 8.51. The van der Waals surface area contributed by atoms with E-state index in [0.717, 1.165) is 25.0 Å². The molecule has 0 amide bonds. The lowest BCUT2D eigenvalue weighted by atomic mass is 9.79. The molecule has 0 radical (unpaired) electrons. The molecule has 106 valence electrons. The molecule has 2 nitrogen and oxygen atoms in total. The Balaban J connectivity index is 1.74. The highest BCUT2D eigenvalue weighted by Crippen LogP contribution is 2.60. The van der Waals surface area contributed by atoms with Crippen LogP contribution >= 0.6 is 0 Å². The molecule has 1 N–H and O–H groups in total. The first-order valence-electron chi connectivity index (χ1n) is 7.82. The van der Waals surface area contributed by atoms with Crippen molar-refractivity contribution in [1.29, 1.82) is 0 Å². The van der Waals surface area contributed by atoms with Crippen LogP contribution in [0.3, 0.4) is 0 Å². The zero-order chi connectivity index (χ0) is 13.2. The van der Waals surface area contributed by atoms with E-state index in [2.05, 4.69) is 33.0 Å². The van der Waals surface area contributed by atoms with Gasteiger partial charge in [0.05, 0.1) is 0 Å². The molecule has 18 heavy (non-hydrogen) atoms. The van der Waals surface area contributed by atoms with Gasteiger partial charge in [-0.3, -0.25) is 0 Å². The smallest absolute Gasteiger partial charge is 0.0488 e. The third-order valence-corrected chi connectivity index (χ3v) is 4.57. The molecule has 0 aliphatic heterocycles. The maximum absolute atomic E-state index is 5.81. The second-order valence-corrected chi connectivity index (χ2v) is 7.42. The van der Waals surface area contributed by atoms with Crippen molar-refractivity contribution in [2.24, 2.45) is 23.2 Å². The van der Waals surface area contributed by atoms with Crippen molar-refractivity contribution in [2.75, 3.05) is 19.8 Å². The van der Waals surface area contributed by atoms with Crippen LogP contribution in [-0.2, 0) is 4.74 Å². The van der Waals surface area contributed by atoms with Crippen molar-refractivity contribution in [1.82, 2.24) is 5.32 Å². The third-order valence-electron chi connectivity index (χ3n) is 4.57. The first kappa shape index (κ1) is 14.3. The van der Waals surface area contributed by atoms with Gasteiger partial charge in [-0.05, 0) is 48.9 Å². The molecular formula is C16H31NO. The molecule has 0 spiro atoms. The van der Waals surface area contributed by atoms with Crippen LogP contribution < -0.4 is 5.32 Å². The van der Waals surface area contributed by atoms with Gasteiger partial charge < -0.3 is 10.1 Å². The normalized spacial score (nSPS) is 34.3. The van der Waals surface area contributed by atoms with E-state index in [0.29, 0.717) is 17.4 Å². The number of hydrogen-bond acceptors (Lipinski definition) is 2. The van der Waals surface area contributed by atoms with Crippen LogP contribution in [-0.4, -0.2) is 25.8 Å². The van der Waals surface area contributed by atoms with Gasteiger partial charge in [-0.1, -0.05) is 27.7 Å². The number of ether oxygens (including phenoxy) is 1. The molecule has 2 aliphatic rings. The highest BCUT2D eigenvalue weighted by Gasteiger charge is 2.53. The SMILES string of the molecule is CC(C)COCCC1(CNC(C)C)CC2CC2C1. The summed E-state index contributed by atoms with van der Waals surface area (Å²) in [5.41, 5.74) is 0.550. The number of rotatable bonds is 8. The van der Waals surface area contributed by atoms with Gasteiger partial charge in [-0.2, -0.15) is 0 Å². The molecule has 0 bridgehead atoms. The van der Waals surface area contributed by atoms with Crippen molar-refractivity contribution >= 4 is 0 Å². The van der Waals surface area contributed by atoms with E-state index >= 15 is 0 Å². The highest BCUT2D eigenvalue weighted by atomic mass is 16.5. The largest absolute Gasteiger partial charge is 0.381 e. The van der Waals surface area contributed by atoms with Gasteiger partial charge in [0, 0.05) is 25.8 Å². The molecule has 0 heterocycles. The lowest BCUT2D eigenvalue weighted by molar-refractivity contribution is 0.0722. The fraction of sp³-hybridized carbons (Fsp3) is 1.00. The Kier molecular flexibility index (Phi) is 4.71. The molecule has 0 aromatic heterocycles. The zero-order valence-electron chi connectivity index (χ0n) is 12.7. The van der Waals surface area contributed by atoms with E-state index in [1.807, 2.05) is 0 Å². The van der Waals surface area contributed by atoms with Gasteiger partial charge in [0.2, 0.25) is 0 Å². The van der Waals surface area contributed by atoms with Crippen LogP contribution in [0.4, 0.5) is 0 Å². The van der Waals surface area contributed by atoms with Crippen LogP contribution in [0.15, 0.2) is 0 Å². The fourth-order valence-corrected chi connectivity index (χ4v) is 3.47. The monoisotopic (exact) mass is 253 g/mol. The van der Waals surface area contributed by atoms with E-state index in [1.165, 1.54) is 32.2 Å². The van der Waals surface area contributed by atoms with Crippen LogP contribution in [0.5, 0.6) is 0 Å². The standard InChI is InChI=1S/C16H31NO/c1-12(2)10-18-6-5-16(11-17-13(3)4)8-14-7-15(14)9-16/h12-15,17H,5-11H2,1-4H3. The molecule has 0 aromatic rings. The Morgan fingerprint density at radius 2 is 1.83 bits per heavy atom. The highest BCUT2D eigenvalue weighted by molar-refractivity contribution is 5.04. The summed E-state index contributed by atoms with van der Waals surface area (Å²) in [5.74, 6) is 2.78. The van der Waals surface area contributed by atoms with Gasteiger partial charge in [-0.15, -0.1) is 0 Å². The summed E-state index contributed by atoms with van der Waals surface area (Å²) in [5, 5.41) is 3.66. The van der Waals surface area contributed by atoms with Gasteiger partial charge in [0.1, 0.15) is 0 Å². The van der Waals surface area contributed by atoms with E-state index in [1.54, 1.807) is 0 Å². The molecular weight excluding hydrogens is 222 g/mol. The van der Waals surface area contributed by atoms with E-state index in [-0.39, 0.29) is 0 Å². The summed E-state index contributed by atoms with van der Waals surface area (Å²) in [4.78, 5) is 0. The molecule has 2 aliphatic carbocycles. The lowest BCUT2D eigenvalue weighted by Gasteiger charge is -2.32. The molecule has 2 unspecified atom stereocenters. The minimum atomic E-state index is 0.550. The van der Waals surface area contributed by atoms with Gasteiger partial charge >= 0.3 is 0 Å². The van der Waals surface area contributed by atoms with Crippen molar-refractivity contribution < 1.29 is 4.74 Å². The van der Waals surface area contributed by atoms with Crippen LogP contribution in [0, 0.1) is 23.2 Å². The maximum atomic E-state index is 5.81. The summed E-state index contributed by atoms with van der Waals surface area (Å²) in [6.45, 7) is 12.0. The second kappa shape index (κ2) is 5.92. The average Bonchev–Trinajstić information content (AvgIpc) is 2.91. The number of nitrogens with one attached hydrogen (secondary N) is 1. The molecule has 2 rings (SSSR count). The number of hydrogen-bond donors (Lipinski definition) is 1. The Morgan fingerprint density at radius 1 is 1.17 bits per heavy atom. The topological polar surface area (TPSA) is 21.3 Å². The van der Waals surface area contributed by atoms with Crippen LogP contribution in [0.25, 0.3) is 0 Å². The zero-order valence-corrected chi connectivity index (χ0v) is 12.7. The Morgan fingerprint density at radius 3 is 2.39 bits per heavy atom. The van der Waals surface area contributed by atoms with E-state index in [4.69, 9.17) is 4.74 Å². The third kappa shape index (κ3) is 3.96. The van der Waals surface area contributed by atoms with E-state index < -0.39 is 0 Å². The molecule has 0 aromatic carbocycles. The predicted molar refractivity (Wildman–Crippen MR) is 76.7 cm³/mol. The Labute approximate surface area is 113 Å². The average molecular weight is 253 g/mol. The van der Waals surface area contributed by atoms with Crippen molar-refractivity contribution in [3.8, 4) is 0 Å². The summed E-state index contributed by atoms with van der Waals surface area (Å²) in [7, 11) is 0. The van der Waals surface area contributed by atoms with E-state index in [9.17, 15) is 0 Å². The fourth-order valence-electron chi connectivity index (χ4n) is 3.47. The first-order valence-corrected chi connectivity index (χ1v) is 7.82. The molecule has 2 saturated carbocycles. The van der Waals surface area contributed by atoms with Gasteiger partial charge in [0.15, 0.2) is 0 Å². The summed E-state index contributed by atoms with van der Waals surface area (Å²) in [6.07, 6.45) is 5.66. The Bertz CT molecular complexity index is 252. The minimum absolute atomic E-state index is 0.550. The molecule has 2 fully saturated rings. The quantitative estimate of drug-likeness (QED) is 0.669.